The summed E-state index contributed by atoms with van der Waals surface area (Å²) in [5.74, 6) is -1.49. The molecule has 0 radical (unpaired) electrons. The zero-order valence-corrected chi connectivity index (χ0v) is 9.96. The van der Waals surface area contributed by atoms with Gasteiger partial charge in [-0.2, -0.15) is 13.2 Å². The van der Waals surface area contributed by atoms with Crippen LogP contribution in [-0.2, 0) is 0 Å². The highest BCUT2D eigenvalue weighted by atomic mass is 19.4. The molecular formula is C12H17F3N2. The van der Waals surface area contributed by atoms with Crippen LogP contribution in [0.15, 0.2) is 24.3 Å². The van der Waals surface area contributed by atoms with E-state index in [1.54, 1.807) is 37.2 Å². The van der Waals surface area contributed by atoms with Crippen molar-refractivity contribution in [3.05, 3.63) is 29.8 Å². The van der Waals surface area contributed by atoms with Crippen molar-refractivity contribution >= 4 is 5.69 Å². The van der Waals surface area contributed by atoms with E-state index in [1.807, 2.05) is 0 Å². The molecule has 0 aliphatic rings. The van der Waals surface area contributed by atoms with Crippen molar-refractivity contribution in [3.8, 4) is 0 Å². The van der Waals surface area contributed by atoms with Gasteiger partial charge in [0, 0.05) is 19.8 Å². The maximum Gasteiger partial charge on any atom is 0.395 e. The molecule has 1 unspecified atom stereocenters. The highest BCUT2D eigenvalue weighted by molar-refractivity contribution is 5.54. The fraction of sp³-hybridized carbons (Fsp3) is 0.500. The topological polar surface area (TPSA) is 29.3 Å². The molecule has 0 saturated heterocycles. The summed E-state index contributed by atoms with van der Waals surface area (Å²) in [5, 5.41) is 0. The standard InChI is InChI=1S/C12H17F3N2/c1-17(2)11-6-4-3-5-9(11)10(7-8-16)12(13,14)15/h3-6,10H,7-8,16H2,1-2H3. The largest absolute Gasteiger partial charge is 0.395 e. The summed E-state index contributed by atoms with van der Waals surface area (Å²) in [6.07, 6.45) is -4.35. The third kappa shape index (κ3) is 3.36. The minimum atomic E-state index is -4.26. The van der Waals surface area contributed by atoms with E-state index in [4.69, 9.17) is 5.73 Å². The minimum absolute atomic E-state index is 0.0198. The molecule has 96 valence electrons. The normalized spacial score (nSPS) is 13.5. The van der Waals surface area contributed by atoms with Crippen LogP contribution in [-0.4, -0.2) is 26.8 Å². The van der Waals surface area contributed by atoms with E-state index in [-0.39, 0.29) is 18.5 Å². The molecule has 0 saturated carbocycles. The Kier molecular flexibility index (Phi) is 4.40. The van der Waals surface area contributed by atoms with Crippen molar-refractivity contribution < 1.29 is 13.2 Å². The third-order valence-electron chi connectivity index (χ3n) is 2.64. The number of rotatable bonds is 4. The van der Waals surface area contributed by atoms with Crippen LogP contribution in [0.1, 0.15) is 17.9 Å². The quantitative estimate of drug-likeness (QED) is 0.885. The van der Waals surface area contributed by atoms with E-state index in [1.165, 1.54) is 6.07 Å². The average molecular weight is 246 g/mol. The van der Waals surface area contributed by atoms with Crippen molar-refractivity contribution in [3.63, 3.8) is 0 Å². The molecule has 2 nitrogen and oxygen atoms in total. The second kappa shape index (κ2) is 5.40. The van der Waals surface area contributed by atoms with Crippen LogP contribution in [0.2, 0.25) is 0 Å². The van der Waals surface area contributed by atoms with Gasteiger partial charge in [-0.25, -0.2) is 0 Å². The molecule has 5 heteroatoms. The number of alkyl halides is 3. The van der Waals surface area contributed by atoms with Gasteiger partial charge >= 0.3 is 6.18 Å². The molecule has 2 N–H and O–H groups in total. The van der Waals surface area contributed by atoms with Gasteiger partial charge in [-0.1, -0.05) is 18.2 Å². The minimum Gasteiger partial charge on any atom is -0.377 e. The summed E-state index contributed by atoms with van der Waals surface area (Å²) < 4.78 is 38.9. The molecule has 1 aromatic carbocycles. The molecule has 0 aliphatic carbocycles. The Morgan fingerprint density at radius 1 is 1.24 bits per heavy atom. The summed E-state index contributed by atoms with van der Waals surface area (Å²) >= 11 is 0. The lowest BCUT2D eigenvalue weighted by molar-refractivity contribution is -0.151. The molecule has 1 atom stereocenters. The molecule has 1 aromatic rings. The van der Waals surface area contributed by atoms with Gasteiger partial charge < -0.3 is 10.6 Å². The Bertz CT molecular complexity index is 361. The third-order valence-corrected chi connectivity index (χ3v) is 2.64. The lowest BCUT2D eigenvalue weighted by atomic mass is 9.93. The highest BCUT2D eigenvalue weighted by Gasteiger charge is 2.41. The van der Waals surface area contributed by atoms with E-state index < -0.39 is 12.1 Å². The lowest BCUT2D eigenvalue weighted by Crippen LogP contribution is -2.25. The van der Waals surface area contributed by atoms with E-state index in [9.17, 15) is 13.2 Å². The van der Waals surface area contributed by atoms with Crippen LogP contribution in [0.3, 0.4) is 0 Å². The van der Waals surface area contributed by atoms with Gasteiger partial charge in [-0.15, -0.1) is 0 Å². The molecule has 0 aliphatic heterocycles. The summed E-state index contributed by atoms with van der Waals surface area (Å²) in [4.78, 5) is 1.69. The maximum atomic E-state index is 13.0. The molecule has 1 rings (SSSR count). The van der Waals surface area contributed by atoms with Crippen molar-refractivity contribution in [2.75, 3.05) is 25.5 Å². The second-order valence-electron chi connectivity index (χ2n) is 4.12. The number of anilines is 1. The van der Waals surface area contributed by atoms with Crippen LogP contribution in [0, 0.1) is 0 Å². The van der Waals surface area contributed by atoms with Gasteiger partial charge in [0.25, 0.3) is 0 Å². The van der Waals surface area contributed by atoms with Gasteiger partial charge in [-0.05, 0) is 24.6 Å². The monoisotopic (exact) mass is 246 g/mol. The van der Waals surface area contributed by atoms with Crippen molar-refractivity contribution in [1.29, 1.82) is 0 Å². The Hall–Kier alpha value is -1.23. The zero-order chi connectivity index (χ0) is 13.1. The number of nitrogens with zero attached hydrogens (tertiary/aromatic N) is 1. The SMILES string of the molecule is CN(C)c1ccccc1C(CCN)C(F)(F)F. The molecule has 0 amide bonds. The highest BCUT2D eigenvalue weighted by Crippen LogP contribution is 2.40. The fourth-order valence-corrected chi connectivity index (χ4v) is 1.85. The van der Waals surface area contributed by atoms with Crippen LogP contribution < -0.4 is 10.6 Å². The Balaban J connectivity index is 3.18. The predicted octanol–water partition coefficient (Wildman–Crippen LogP) is 2.75. The fourth-order valence-electron chi connectivity index (χ4n) is 1.85. The smallest absolute Gasteiger partial charge is 0.377 e. The molecule has 17 heavy (non-hydrogen) atoms. The maximum absolute atomic E-state index is 13.0. The first-order valence-electron chi connectivity index (χ1n) is 5.41. The number of halogens is 3. The van der Waals surface area contributed by atoms with Crippen LogP contribution in [0.4, 0.5) is 18.9 Å². The van der Waals surface area contributed by atoms with Gasteiger partial charge in [-0.3, -0.25) is 0 Å². The first-order chi connectivity index (χ1) is 7.88. The molecular weight excluding hydrogens is 229 g/mol. The second-order valence-corrected chi connectivity index (χ2v) is 4.12. The summed E-state index contributed by atoms with van der Waals surface area (Å²) in [5.41, 5.74) is 6.15. The summed E-state index contributed by atoms with van der Waals surface area (Å²) in [6, 6.07) is 6.56. The Morgan fingerprint density at radius 3 is 2.29 bits per heavy atom. The lowest BCUT2D eigenvalue weighted by Gasteiger charge is -2.25. The number of benzene rings is 1. The summed E-state index contributed by atoms with van der Waals surface area (Å²) in [6.45, 7) is 0.0198. The van der Waals surface area contributed by atoms with Crippen LogP contribution >= 0.6 is 0 Å². The van der Waals surface area contributed by atoms with Crippen molar-refractivity contribution in [2.24, 2.45) is 5.73 Å². The number of hydrogen-bond acceptors (Lipinski definition) is 2. The first-order valence-corrected chi connectivity index (χ1v) is 5.41. The van der Waals surface area contributed by atoms with Gasteiger partial charge in [0.2, 0.25) is 0 Å². The Labute approximate surface area is 99.2 Å². The summed E-state index contributed by atoms with van der Waals surface area (Å²) in [7, 11) is 3.46. The first kappa shape index (κ1) is 13.8. The Morgan fingerprint density at radius 2 is 1.82 bits per heavy atom. The zero-order valence-electron chi connectivity index (χ0n) is 9.96. The van der Waals surface area contributed by atoms with Gasteiger partial charge in [0.05, 0.1) is 5.92 Å². The molecule has 0 aromatic heterocycles. The number of nitrogens with two attached hydrogens (primary N) is 1. The average Bonchev–Trinajstić information content (AvgIpc) is 2.24. The van der Waals surface area contributed by atoms with Crippen molar-refractivity contribution in [1.82, 2.24) is 0 Å². The molecule has 0 heterocycles. The van der Waals surface area contributed by atoms with Crippen LogP contribution in [0.25, 0.3) is 0 Å². The van der Waals surface area contributed by atoms with Crippen LogP contribution in [0.5, 0.6) is 0 Å². The predicted molar refractivity (Wildman–Crippen MR) is 63.2 cm³/mol. The van der Waals surface area contributed by atoms with E-state index >= 15 is 0 Å². The molecule has 0 fully saturated rings. The van der Waals surface area contributed by atoms with E-state index in [2.05, 4.69) is 0 Å². The van der Waals surface area contributed by atoms with E-state index in [0.29, 0.717) is 5.69 Å². The van der Waals surface area contributed by atoms with E-state index in [0.717, 1.165) is 0 Å². The number of hydrogen-bond donors (Lipinski definition) is 1. The van der Waals surface area contributed by atoms with Crippen molar-refractivity contribution in [2.45, 2.75) is 18.5 Å². The van der Waals surface area contributed by atoms with Gasteiger partial charge in [0.15, 0.2) is 0 Å². The molecule has 0 bridgehead atoms. The van der Waals surface area contributed by atoms with Gasteiger partial charge in [0.1, 0.15) is 0 Å². The number of para-hydroxylation sites is 1. The molecule has 0 spiro atoms.